The quantitative estimate of drug-likeness (QED) is 0.336. The van der Waals surface area contributed by atoms with Crippen LogP contribution >= 0.6 is 11.3 Å². The Hall–Kier alpha value is -2.40. The van der Waals surface area contributed by atoms with E-state index in [1.165, 1.54) is 12.8 Å². The summed E-state index contributed by atoms with van der Waals surface area (Å²) in [4.78, 5) is 18.9. The molecule has 2 aliphatic carbocycles. The summed E-state index contributed by atoms with van der Waals surface area (Å²) < 4.78 is 1.02. The second-order valence-electron chi connectivity index (χ2n) is 9.28. The highest BCUT2D eigenvalue weighted by Crippen LogP contribution is 2.39. The van der Waals surface area contributed by atoms with Crippen molar-refractivity contribution in [2.75, 3.05) is 17.2 Å². The Kier molecular flexibility index (Phi) is 6.17. The number of aliphatic hydroxyl groups is 2. The van der Waals surface area contributed by atoms with Crippen molar-refractivity contribution in [3.63, 3.8) is 0 Å². The second-order valence-corrected chi connectivity index (χ2v) is 10.3. The molecule has 2 saturated carbocycles. The van der Waals surface area contributed by atoms with Gasteiger partial charge in [0.05, 0.1) is 27.8 Å². The molecule has 3 aromatic heterocycles. The predicted molar refractivity (Wildman–Crippen MR) is 130 cm³/mol. The molecule has 2 fully saturated rings. The van der Waals surface area contributed by atoms with E-state index in [4.69, 9.17) is 20.7 Å². The van der Waals surface area contributed by atoms with Crippen LogP contribution < -0.4 is 16.4 Å². The van der Waals surface area contributed by atoms with Crippen molar-refractivity contribution in [2.45, 2.75) is 64.3 Å². The molecule has 0 amide bonds. The molecule has 0 unspecified atom stereocenters. The third-order valence-corrected chi connectivity index (χ3v) is 7.84. The topological polar surface area (TPSA) is 142 Å². The van der Waals surface area contributed by atoms with E-state index in [0.717, 1.165) is 32.2 Å². The van der Waals surface area contributed by atoms with E-state index in [9.17, 15) is 10.2 Å². The zero-order chi connectivity index (χ0) is 23.1. The summed E-state index contributed by atoms with van der Waals surface area (Å²) in [6, 6.07) is 2.27. The van der Waals surface area contributed by atoms with Gasteiger partial charge < -0.3 is 26.6 Å². The normalized spacial score (nSPS) is 23.7. The first kappa shape index (κ1) is 22.4. The fourth-order valence-corrected chi connectivity index (χ4v) is 5.77. The number of aryl methyl sites for hydroxylation is 1. The molecule has 0 aliphatic heterocycles. The maximum Gasteiger partial charge on any atom is 0.225 e. The number of nitrogens with zero attached hydrogens (tertiary/aromatic N) is 4. The lowest BCUT2D eigenvalue weighted by molar-refractivity contribution is 0.0908. The lowest BCUT2D eigenvalue weighted by atomic mass is 10.1. The molecular weight excluding hydrogens is 438 g/mol. The Bertz CT molecular complexity index is 1150. The monoisotopic (exact) mass is 469 g/mol. The van der Waals surface area contributed by atoms with Crippen LogP contribution in [0.25, 0.3) is 20.8 Å². The minimum Gasteiger partial charge on any atom is -0.396 e. The number of aliphatic hydroxyl groups excluding tert-OH is 2. The van der Waals surface area contributed by atoms with Gasteiger partial charge in [-0.3, -0.25) is 4.98 Å². The molecule has 9 nitrogen and oxygen atoms in total. The van der Waals surface area contributed by atoms with Gasteiger partial charge in [-0.05, 0) is 51.5 Å². The summed E-state index contributed by atoms with van der Waals surface area (Å²) in [6.45, 7) is 4.45. The van der Waals surface area contributed by atoms with Gasteiger partial charge in [0.1, 0.15) is 16.3 Å². The number of fused-ring (bicyclic) bond motifs is 1. The first-order chi connectivity index (χ1) is 16.0. The summed E-state index contributed by atoms with van der Waals surface area (Å²) in [5.74, 6) is 1.85. The molecule has 4 atom stereocenters. The number of pyridine rings is 1. The maximum atomic E-state index is 10.3. The van der Waals surface area contributed by atoms with Crippen molar-refractivity contribution in [1.29, 1.82) is 0 Å². The van der Waals surface area contributed by atoms with Crippen molar-refractivity contribution < 1.29 is 10.2 Å². The van der Waals surface area contributed by atoms with Gasteiger partial charge in [0.25, 0.3) is 0 Å². The third-order valence-electron chi connectivity index (χ3n) is 6.80. The van der Waals surface area contributed by atoms with Gasteiger partial charge in [-0.2, -0.15) is 4.98 Å². The van der Waals surface area contributed by atoms with Crippen molar-refractivity contribution in [3.05, 3.63) is 23.7 Å². The maximum absolute atomic E-state index is 10.3. The highest BCUT2D eigenvalue weighted by Gasteiger charge is 2.34. The number of nitrogens with one attached hydrogen (secondary N) is 2. The molecule has 33 heavy (non-hydrogen) atoms. The minimum atomic E-state index is -0.521. The fraction of sp³-hybridized carbons (Fsp3) is 0.565. The summed E-state index contributed by atoms with van der Waals surface area (Å²) in [5.41, 5.74) is 9.14. The SMILES string of the molecule is Cc1nc(N[C@H](C)C2CC2)nc(N[C@@H]2C[C@H](CO)[C@@H](O)C2)c1-c1nc2c(CN)nccc2s1. The van der Waals surface area contributed by atoms with Crippen LogP contribution in [0.5, 0.6) is 0 Å². The number of anilines is 2. The number of hydrogen-bond donors (Lipinski definition) is 5. The molecular formula is C23H31N7O2S. The van der Waals surface area contributed by atoms with Gasteiger partial charge in [0.15, 0.2) is 0 Å². The van der Waals surface area contributed by atoms with Crippen LogP contribution in [-0.4, -0.2) is 54.9 Å². The molecule has 3 heterocycles. The minimum absolute atomic E-state index is 0.00885. The van der Waals surface area contributed by atoms with Crippen molar-refractivity contribution in [2.24, 2.45) is 17.6 Å². The lowest BCUT2D eigenvalue weighted by Crippen LogP contribution is -2.22. The number of hydrogen-bond acceptors (Lipinski definition) is 10. The molecule has 3 aromatic rings. The molecule has 2 aliphatic rings. The molecule has 0 bridgehead atoms. The number of aromatic nitrogens is 4. The molecule has 176 valence electrons. The summed E-state index contributed by atoms with van der Waals surface area (Å²) in [6.07, 6.45) is 4.96. The van der Waals surface area contributed by atoms with Crippen molar-refractivity contribution >= 4 is 33.3 Å². The number of rotatable bonds is 8. The van der Waals surface area contributed by atoms with E-state index in [-0.39, 0.29) is 18.6 Å². The lowest BCUT2D eigenvalue weighted by Gasteiger charge is -2.19. The van der Waals surface area contributed by atoms with E-state index in [1.54, 1.807) is 17.5 Å². The van der Waals surface area contributed by atoms with E-state index in [2.05, 4.69) is 22.5 Å². The molecule has 6 N–H and O–H groups in total. The first-order valence-electron chi connectivity index (χ1n) is 11.6. The van der Waals surface area contributed by atoms with E-state index in [0.29, 0.717) is 43.1 Å². The molecule has 0 saturated heterocycles. The van der Waals surface area contributed by atoms with Crippen molar-refractivity contribution in [1.82, 2.24) is 19.9 Å². The zero-order valence-electron chi connectivity index (χ0n) is 19.0. The molecule has 0 spiro atoms. The Balaban J connectivity index is 1.54. The average molecular weight is 470 g/mol. The van der Waals surface area contributed by atoms with E-state index >= 15 is 0 Å². The Labute approximate surface area is 196 Å². The predicted octanol–water partition coefficient (Wildman–Crippen LogP) is 2.67. The van der Waals surface area contributed by atoms with Gasteiger partial charge in [-0.25, -0.2) is 9.97 Å². The first-order valence-corrected chi connectivity index (χ1v) is 12.4. The fourth-order valence-electron chi connectivity index (χ4n) is 4.69. The number of nitrogens with two attached hydrogens (primary N) is 1. The average Bonchev–Trinajstić information content (AvgIpc) is 3.46. The molecule has 0 aromatic carbocycles. The Morgan fingerprint density at radius 1 is 1.24 bits per heavy atom. The molecule has 5 rings (SSSR count). The van der Waals surface area contributed by atoms with Crippen LogP contribution in [0.15, 0.2) is 12.3 Å². The van der Waals surface area contributed by atoms with Crippen LogP contribution in [-0.2, 0) is 6.54 Å². The van der Waals surface area contributed by atoms with Crippen LogP contribution in [0, 0.1) is 18.8 Å². The van der Waals surface area contributed by atoms with Crippen LogP contribution in [0.3, 0.4) is 0 Å². The Morgan fingerprint density at radius 2 is 2.06 bits per heavy atom. The Morgan fingerprint density at radius 3 is 2.76 bits per heavy atom. The molecule has 0 radical (unpaired) electrons. The second kappa shape index (κ2) is 9.09. The van der Waals surface area contributed by atoms with Gasteiger partial charge in [0, 0.05) is 37.4 Å². The van der Waals surface area contributed by atoms with Crippen molar-refractivity contribution in [3.8, 4) is 10.6 Å². The zero-order valence-corrected chi connectivity index (χ0v) is 19.8. The third kappa shape index (κ3) is 4.52. The number of thiazole rings is 1. The van der Waals surface area contributed by atoms with Gasteiger partial charge in [0.2, 0.25) is 5.95 Å². The van der Waals surface area contributed by atoms with E-state index < -0.39 is 6.10 Å². The van der Waals surface area contributed by atoms with Gasteiger partial charge >= 0.3 is 0 Å². The van der Waals surface area contributed by atoms with Crippen LogP contribution in [0.1, 0.15) is 44.0 Å². The van der Waals surface area contributed by atoms with Gasteiger partial charge in [-0.1, -0.05) is 0 Å². The van der Waals surface area contributed by atoms with Crippen LogP contribution in [0.2, 0.25) is 0 Å². The van der Waals surface area contributed by atoms with Crippen LogP contribution in [0.4, 0.5) is 11.8 Å². The summed E-state index contributed by atoms with van der Waals surface area (Å²) in [7, 11) is 0. The summed E-state index contributed by atoms with van der Waals surface area (Å²) >= 11 is 1.57. The smallest absolute Gasteiger partial charge is 0.225 e. The standard InChI is InChI=1S/C23H31N7O2S/c1-11(13-3-4-13)26-23-27-12(2)19(21(30-23)28-15-7-14(10-31)17(32)8-15)22-29-20-16(9-24)25-6-5-18(20)33-22/h5-6,11,13-15,17,31-32H,3-4,7-10,24H2,1-2H3,(H2,26,27,28,30)/t11-,14-,15-,17+/m1/s1. The largest absolute Gasteiger partial charge is 0.396 e. The highest BCUT2D eigenvalue weighted by atomic mass is 32.1. The summed E-state index contributed by atoms with van der Waals surface area (Å²) in [5, 5.41) is 27.7. The van der Waals surface area contributed by atoms with E-state index in [1.807, 2.05) is 13.0 Å². The highest BCUT2D eigenvalue weighted by molar-refractivity contribution is 7.21. The molecule has 10 heteroatoms. The van der Waals surface area contributed by atoms with Gasteiger partial charge in [-0.15, -0.1) is 11.3 Å².